The fraction of sp³-hybridized carbons (Fsp3) is 0.238. The molecule has 0 aliphatic heterocycles. The molecule has 0 atom stereocenters. The van der Waals surface area contributed by atoms with Gasteiger partial charge in [0.05, 0.1) is 11.1 Å². The smallest absolute Gasteiger partial charge is 0.236 e. The monoisotopic (exact) mass is 365 g/mol. The van der Waals surface area contributed by atoms with Crippen molar-refractivity contribution in [3.8, 4) is 5.69 Å². The highest BCUT2D eigenvalue weighted by Gasteiger charge is 2.42. The maximum absolute atomic E-state index is 13.2. The van der Waals surface area contributed by atoms with E-state index >= 15 is 0 Å². The molecular formula is C21H20ClN3O. The number of rotatable bonds is 4. The highest BCUT2D eigenvalue weighted by Crippen LogP contribution is 2.42. The van der Waals surface area contributed by atoms with Gasteiger partial charge in [-0.25, -0.2) is 4.68 Å². The lowest BCUT2D eigenvalue weighted by Crippen LogP contribution is -2.38. The first-order chi connectivity index (χ1) is 12.7. The molecule has 1 N–H and O–H groups in total. The van der Waals surface area contributed by atoms with Crippen molar-refractivity contribution >= 4 is 23.3 Å². The van der Waals surface area contributed by atoms with E-state index in [1.807, 2.05) is 66.9 Å². The van der Waals surface area contributed by atoms with Gasteiger partial charge in [0, 0.05) is 17.3 Å². The molecular weight excluding hydrogens is 346 g/mol. The first-order valence-electron chi connectivity index (χ1n) is 8.86. The second-order valence-corrected chi connectivity index (χ2v) is 7.17. The third-order valence-corrected chi connectivity index (χ3v) is 5.39. The van der Waals surface area contributed by atoms with E-state index in [2.05, 4.69) is 10.4 Å². The zero-order valence-electron chi connectivity index (χ0n) is 14.4. The minimum absolute atomic E-state index is 0.00985. The van der Waals surface area contributed by atoms with E-state index in [0.717, 1.165) is 36.9 Å². The Morgan fingerprint density at radius 1 is 1.00 bits per heavy atom. The molecule has 1 saturated carbocycles. The summed E-state index contributed by atoms with van der Waals surface area (Å²) in [6.07, 6.45) is 5.65. The van der Waals surface area contributed by atoms with E-state index in [4.69, 9.17) is 11.6 Å². The number of anilines is 1. The summed E-state index contributed by atoms with van der Waals surface area (Å²) >= 11 is 6.02. The van der Waals surface area contributed by atoms with Gasteiger partial charge in [0.25, 0.3) is 0 Å². The zero-order valence-corrected chi connectivity index (χ0v) is 15.1. The molecule has 5 heteroatoms. The van der Waals surface area contributed by atoms with Crippen LogP contribution in [0.3, 0.4) is 0 Å². The minimum Gasteiger partial charge on any atom is -0.308 e. The Bertz CT molecular complexity index is 897. The summed E-state index contributed by atoms with van der Waals surface area (Å²) in [7, 11) is 0. The summed E-state index contributed by atoms with van der Waals surface area (Å²) in [4.78, 5) is 13.2. The summed E-state index contributed by atoms with van der Waals surface area (Å²) in [5, 5.41) is 8.20. The Hall–Kier alpha value is -2.59. The van der Waals surface area contributed by atoms with Crippen LogP contribution in [-0.4, -0.2) is 15.7 Å². The number of hydrogen-bond acceptors (Lipinski definition) is 2. The van der Waals surface area contributed by atoms with Crippen molar-refractivity contribution in [3.63, 3.8) is 0 Å². The lowest BCUT2D eigenvalue weighted by atomic mass is 9.78. The van der Waals surface area contributed by atoms with Crippen LogP contribution in [0, 0.1) is 0 Å². The fourth-order valence-corrected chi connectivity index (χ4v) is 3.87. The molecule has 1 heterocycles. The van der Waals surface area contributed by atoms with Crippen LogP contribution in [0.25, 0.3) is 5.69 Å². The minimum atomic E-state index is -0.499. The first kappa shape index (κ1) is 16.9. The number of hydrogen-bond donors (Lipinski definition) is 1. The van der Waals surface area contributed by atoms with Gasteiger partial charge in [0.1, 0.15) is 0 Å². The van der Waals surface area contributed by atoms with Gasteiger partial charge >= 0.3 is 0 Å². The summed E-state index contributed by atoms with van der Waals surface area (Å²) in [6, 6.07) is 19.3. The summed E-state index contributed by atoms with van der Waals surface area (Å²) < 4.78 is 1.76. The summed E-state index contributed by atoms with van der Waals surface area (Å²) in [5.41, 5.74) is 1.49. The number of carbonyl (C=O) groups is 1. The molecule has 1 aliphatic rings. The topological polar surface area (TPSA) is 46.9 Å². The van der Waals surface area contributed by atoms with Crippen molar-refractivity contribution in [2.75, 3.05) is 5.32 Å². The molecule has 132 valence electrons. The predicted molar refractivity (Wildman–Crippen MR) is 104 cm³/mol. The van der Waals surface area contributed by atoms with Crippen LogP contribution in [0.4, 0.5) is 5.82 Å². The van der Waals surface area contributed by atoms with Crippen molar-refractivity contribution in [1.82, 2.24) is 9.78 Å². The number of nitrogens with zero attached hydrogens (tertiary/aromatic N) is 2. The van der Waals surface area contributed by atoms with Crippen molar-refractivity contribution in [2.45, 2.75) is 31.1 Å². The molecule has 0 radical (unpaired) electrons. The average molecular weight is 366 g/mol. The van der Waals surface area contributed by atoms with Gasteiger partial charge < -0.3 is 5.32 Å². The van der Waals surface area contributed by atoms with E-state index in [9.17, 15) is 4.79 Å². The molecule has 0 unspecified atom stereocenters. The fourth-order valence-electron chi connectivity index (χ4n) is 3.75. The molecule has 0 saturated heterocycles. The third-order valence-electron chi connectivity index (χ3n) is 5.14. The Labute approximate surface area is 157 Å². The highest BCUT2D eigenvalue weighted by molar-refractivity contribution is 6.30. The van der Waals surface area contributed by atoms with Crippen LogP contribution in [0.2, 0.25) is 5.02 Å². The van der Waals surface area contributed by atoms with Crippen molar-refractivity contribution in [1.29, 1.82) is 0 Å². The Morgan fingerprint density at radius 2 is 1.69 bits per heavy atom. The molecule has 0 bridgehead atoms. The molecule has 26 heavy (non-hydrogen) atoms. The summed E-state index contributed by atoms with van der Waals surface area (Å²) in [6.45, 7) is 0. The lowest BCUT2D eigenvalue weighted by Gasteiger charge is -2.28. The van der Waals surface area contributed by atoms with Gasteiger partial charge in [0.2, 0.25) is 5.91 Å². The van der Waals surface area contributed by atoms with Crippen LogP contribution in [0.1, 0.15) is 31.2 Å². The third kappa shape index (κ3) is 3.13. The molecule has 1 fully saturated rings. The number of benzene rings is 2. The SMILES string of the molecule is O=C(Nc1ccn(-c2ccccc2)n1)C1(c2ccc(Cl)cc2)CCCC1. The molecule has 1 amide bonds. The van der Waals surface area contributed by atoms with Crippen molar-refractivity contribution in [3.05, 3.63) is 77.4 Å². The van der Waals surface area contributed by atoms with Gasteiger partial charge in [0.15, 0.2) is 5.82 Å². The van der Waals surface area contributed by atoms with Crippen LogP contribution < -0.4 is 5.32 Å². The molecule has 4 rings (SSSR count). The van der Waals surface area contributed by atoms with Crippen LogP contribution >= 0.6 is 11.6 Å². The lowest BCUT2D eigenvalue weighted by molar-refractivity contribution is -0.121. The normalized spacial score (nSPS) is 15.7. The predicted octanol–water partition coefficient (Wildman–Crippen LogP) is 4.98. The Balaban J connectivity index is 1.58. The second-order valence-electron chi connectivity index (χ2n) is 6.73. The molecule has 1 aliphatic carbocycles. The number of para-hydroxylation sites is 1. The van der Waals surface area contributed by atoms with Crippen LogP contribution in [-0.2, 0) is 10.2 Å². The Morgan fingerprint density at radius 3 is 2.38 bits per heavy atom. The van der Waals surface area contributed by atoms with Crippen molar-refractivity contribution < 1.29 is 4.79 Å². The van der Waals surface area contributed by atoms with E-state index in [1.54, 1.807) is 4.68 Å². The van der Waals surface area contributed by atoms with Gasteiger partial charge in [-0.05, 0) is 42.7 Å². The largest absolute Gasteiger partial charge is 0.308 e. The Kier molecular flexibility index (Phi) is 4.51. The van der Waals surface area contributed by atoms with E-state index in [1.165, 1.54) is 0 Å². The highest BCUT2D eigenvalue weighted by atomic mass is 35.5. The molecule has 4 nitrogen and oxygen atoms in total. The molecule has 2 aromatic carbocycles. The van der Waals surface area contributed by atoms with Gasteiger partial charge in [-0.2, -0.15) is 5.10 Å². The maximum Gasteiger partial charge on any atom is 0.236 e. The van der Waals surface area contributed by atoms with E-state index in [0.29, 0.717) is 10.8 Å². The number of nitrogens with one attached hydrogen (secondary N) is 1. The standard InChI is InChI=1S/C21H20ClN3O/c22-17-10-8-16(9-11-17)21(13-4-5-14-21)20(26)23-19-12-15-25(24-19)18-6-2-1-3-7-18/h1-3,6-12,15H,4-5,13-14H2,(H,23,24,26). The first-order valence-corrected chi connectivity index (χ1v) is 9.24. The number of aromatic nitrogens is 2. The molecule has 3 aromatic rings. The molecule has 0 spiro atoms. The van der Waals surface area contributed by atoms with E-state index < -0.39 is 5.41 Å². The molecule has 1 aromatic heterocycles. The maximum atomic E-state index is 13.2. The summed E-state index contributed by atoms with van der Waals surface area (Å²) in [5.74, 6) is 0.578. The van der Waals surface area contributed by atoms with Gasteiger partial charge in [-0.1, -0.05) is 54.8 Å². The number of carbonyl (C=O) groups excluding carboxylic acids is 1. The van der Waals surface area contributed by atoms with Gasteiger partial charge in [-0.3, -0.25) is 4.79 Å². The van der Waals surface area contributed by atoms with E-state index in [-0.39, 0.29) is 5.91 Å². The van der Waals surface area contributed by atoms with Crippen LogP contribution in [0.5, 0.6) is 0 Å². The van der Waals surface area contributed by atoms with Crippen molar-refractivity contribution in [2.24, 2.45) is 0 Å². The number of halogens is 1. The van der Waals surface area contributed by atoms with Gasteiger partial charge in [-0.15, -0.1) is 0 Å². The quantitative estimate of drug-likeness (QED) is 0.709. The van der Waals surface area contributed by atoms with Crippen LogP contribution in [0.15, 0.2) is 66.9 Å². The second kappa shape index (κ2) is 6.96. The zero-order chi connectivity index (χ0) is 18.0. The average Bonchev–Trinajstić information content (AvgIpc) is 3.33. The number of amides is 1.